The fraction of sp³-hybridized carbons (Fsp3) is 0.267. The largest absolute Gasteiger partial charge is 0.349 e. The average molecular weight is 274 g/mol. The van der Waals surface area contributed by atoms with Gasteiger partial charge < -0.3 is 4.90 Å². The summed E-state index contributed by atoms with van der Waals surface area (Å²) in [6.45, 7) is 2.83. The van der Waals surface area contributed by atoms with Gasteiger partial charge in [-0.1, -0.05) is 12.1 Å². The Balaban J connectivity index is 1.79. The van der Waals surface area contributed by atoms with Crippen molar-refractivity contribution in [1.82, 2.24) is 4.90 Å². The monoisotopic (exact) mass is 274 g/mol. The Labute approximate surface area is 116 Å². The van der Waals surface area contributed by atoms with Crippen molar-refractivity contribution in [2.75, 3.05) is 0 Å². The first-order chi connectivity index (χ1) is 9.15. The lowest BCUT2D eigenvalue weighted by atomic mass is 10.1. The number of thiophene rings is 1. The first kappa shape index (κ1) is 12.4. The van der Waals surface area contributed by atoms with E-state index in [0.717, 1.165) is 17.5 Å². The molecule has 2 nitrogen and oxygen atoms in total. The number of fused-ring (bicyclic) bond motifs is 1. The van der Waals surface area contributed by atoms with Crippen LogP contribution in [0.5, 0.6) is 0 Å². The van der Waals surface area contributed by atoms with Gasteiger partial charge in [0.15, 0.2) is 0 Å². The lowest BCUT2D eigenvalue weighted by Gasteiger charge is -2.25. The van der Waals surface area contributed by atoms with E-state index >= 15 is 0 Å². The van der Waals surface area contributed by atoms with E-state index in [1.807, 2.05) is 11.0 Å². The van der Waals surface area contributed by atoms with Crippen molar-refractivity contribution in [2.45, 2.75) is 25.9 Å². The van der Waals surface area contributed by atoms with E-state index in [9.17, 15) is 4.39 Å². The second kappa shape index (κ2) is 4.78. The Morgan fingerprint density at radius 1 is 1.42 bits per heavy atom. The van der Waals surface area contributed by atoms with Gasteiger partial charge in [-0.2, -0.15) is 0 Å². The number of nitrogens with zero attached hydrogens (tertiary/aromatic N) is 1. The molecule has 0 bridgehead atoms. The third kappa shape index (κ3) is 2.28. The predicted octanol–water partition coefficient (Wildman–Crippen LogP) is 3.66. The Bertz CT molecular complexity index is 607. The molecular weight excluding hydrogens is 259 g/mol. The van der Waals surface area contributed by atoms with Crippen LogP contribution in [-0.4, -0.2) is 16.8 Å². The molecule has 0 saturated carbocycles. The minimum absolute atomic E-state index is 0.251. The van der Waals surface area contributed by atoms with Crippen molar-refractivity contribution in [3.8, 4) is 0 Å². The summed E-state index contributed by atoms with van der Waals surface area (Å²) in [6, 6.07) is 9.15. The lowest BCUT2D eigenvalue weighted by molar-refractivity contribution is 0.333. The van der Waals surface area contributed by atoms with Crippen molar-refractivity contribution in [3.63, 3.8) is 0 Å². The van der Waals surface area contributed by atoms with Crippen LogP contribution in [0.1, 0.15) is 22.9 Å². The van der Waals surface area contributed by atoms with Gasteiger partial charge in [0.05, 0.1) is 0 Å². The maximum absolute atomic E-state index is 13.3. The molecule has 0 aliphatic carbocycles. The predicted molar refractivity (Wildman–Crippen MR) is 76.3 cm³/mol. The number of hydrogen-bond donors (Lipinski definition) is 1. The molecule has 1 aromatic carbocycles. The summed E-state index contributed by atoms with van der Waals surface area (Å²) in [5.41, 5.74) is 1.78. The van der Waals surface area contributed by atoms with Gasteiger partial charge in [-0.15, -0.1) is 11.3 Å². The standard InChI is InChI=1S/C15H15FN2S/c1-10(7-13-3-2-6-19-13)18-9-11-4-5-12(16)8-14(11)15(18)17/h2-6,8,10,17H,7,9H2,1H3. The van der Waals surface area contributed by atoms with Gasteiger partial charge in [0, 0.05) is 29.4 Å². The van der Waals surface area contributed by atoms with Gasteiger partial charge in [0.1, 0.15) is 11.7 Å². The first-order valence-corrected chi connectivity index (χ1v) is 7.19. The summed E-state index contributed by atoms with van der Waals surface area (Å²) in [6.07, 6.45) is 0.927. The van der Waals surface area contributed by atoms with Crippen molar-refractivity contribution in [3.05, 3.63) is 57.5 Å². The van der Waals surface area contributed by atoms with Crippen LogP contribution in [0.3, 0.4) is 0 Å². The summed E-state index contributed by atoms with van der Waals surface area (Å²) >= 11 is 1.74. The van der Waals surface area contributed by atoms with Crippen LogP contribution in [0.2, 0.25) is 0 Å². The number of halogens is 1. The van der Waals surface area contributed by atoms with Crippen LogP contribution in [0.4, 0.5) is 4.39 Å². The zero-order valence-electron chi connectivity index (χ0n) is 10.7. The number of rotatable bonds is 3. The second-order valence-electron chi connectivity index (χ2n) is 4.91. The Morgan fingerprint density at radius 2 is 2.26 bits per heavy atom. The molecule has 2 heterocycles. The molecule has 2 aromatic rings. The van der Waals surface area contributed by atoms with Crippen molar-refractivity contribution < 1.29 is 4.39 Å². The second-order valence-corrected chi connectivity index (χ2v) is 5.94. The van der Waals surface area contributed by atoms with E-state index in [2.05, 4.69) is 18.4 Å². The minimum Gasteiger partial charge on any atom is -0.349 e. The van der Waals surface area contributed by atoms with Crippen molar-refractivity contribution in [1.29, 1.82) is 5.41 Å². The molecule has 0 fully saturated rings. The Morgan fingerprint density at radius 3 is 3.00 bits per heavy atom. The van der Waals surface area contributed by atoms with E-state index in [-0.39, 0.29) is 11.9 Å². The highest BCUT2D eigenvalue weighted by molar-refractivity contribution is 7.09. The molecule has 1 unspecified atom stereocenters. The van der Waals surface area contributed by atoms with Crippen LogP contribution < -0.4 is 0 Å². The molecule has 19 heavy (non-hydrogen) atoms. The third-order valence-electron chi connectivity index (χ3n) is 3.56. The molecule has 0 spiro atoms. The molecule has 1 N–H and O–H groups in total. The van der Waals surface area contributed by atoms with Crippen LogP contribution in [0.25, 0.3) is 0 Å². The molecular formula is C15H15FN2S. The van der Waals surface area contributed by atoms with Gasteiger partial charge in [-0.05, 0) is 36.1 Å². The summed E-state index contributed by atoms with van der Waals surface area (Å²) in [7, 11) is 0. The molecule has 1 aromatic heterocycles. The molecule has 1 aliphatic heterocycles. The minimum atomic E-state index is -0.267. The maximum atomic E-state index is 13.3. The Hall–Kier alpha value is -1.68. The number of amidine groups is 1. The van der Waals surface area contributed by atoms with Crippen LogP contribution >= 0.6 is 11.3 Å². The summed E-state index contributed by atoms with van der Waals surface area (Å²) < 4.78 is 13.3. The average Bonchev–Trinajstić information content (AvgIpc) is 2.98. The summed E-state index contributed by atoms with van der Waals surface area (Å²) in [4.78, 5) is 3.37. The molecule has 0 amide bonds. The van der Waals surface area contributed by atoms with Crippen LogP contribution in [0, 0.1) is 11.2 Å². The molecule has 4 heteroatoms. The zero-order valence-corrected chi connectivity index (χ0v) is 11.5. The maximum Gasteiger partial charge on any atom is 0.129 e. The van der Waals surface area contributed by atoms with Crippen molar-refractivity contribution in [2.24, 2.45) is 0 Å². The normalized spacial score (nSPS) is 15.7. The first-order valence-electron chi connectivity index (χ1n) is 6.31. The lowest BCUT2D eigenvalue weighted by Crippen LogP contribution is -2.34. The molecule has 1 atom stereocenters. The van der Waals surface area contributed by atoms with E-state index in [0.29, 0.717) is 12.4 Å². The summed E-state index contributed by atoms with van der Waals surface area (Å²) in [5.74, 6) is 0.176. The molecule has 1 aliphatic rings. The van der Waals surface area contributed by atoms with Gasteiger partial charge in [0.2, 0.25) is 0 Å². The molecule has 3 rings (SSSR count). The SMILES string of the molecule is CC(Cc1cccs1)N1Cc2ccc(F)cc2C1=N. The molecule has 0 radical (unpaired) electrons. The highest BCUT2D eigenvalue weighted by Crippen LogP contribution is 2.26. The van der Waals surface area contributed by atoms with Gasteiger partial charge in [0.25, 0.3) is 0 Å². The highest BCUT2D eigenvalue weighted by Gasteiger charge is 2.28. The van der Waals surface area contributed by atoms with Crippen molar-refractivity contribution >= 4 is 17.2 Å². The zero-order chi connectivity index (χ0) is 13.4. The topological polar surface area (TPSA) is 27.1 Å². The van der Waals surface area contributed by atoms with E-state index in [1.165, 1.54) is 17.0 Å². The van der Waals surface area contributed by atoms with E-state index < -0.39 is 0 Å². The van der Waals surface area contributed by atoms with Gasteiger partial charge in [-0.25, -0.2) is 4.39 Å². The summed E-state index contributed by atoms with van der Waals surface area (Å²) in [5, 5.41) is 10.3. The highest BCUT2D eigenvalue weighted by atomic mass is 32.1. The van der Waals surface area contributed by atoms with Gasteiger partial charge >= 0.3 is 0 Å². The smallest absolute Gasteiger partial charge is 0.129 e. The molecule has 0 saturated heterocycles. The Kier molecular flexibility index (Phi) is 3.11. The van der Waals surface area contributed by atoms with E-state index in [1.54, 1.807) is 17.4 Å². The van der Waals surface area contributed by atoms with Crippen LogP contribution in [-0.2, 0) is 13.0 Å². The van der Waals surface area contributed by atoms with Gasteiger partial charge in [-0.3, -0.25) is 5.41 Å². The fourth-order valence-electron chi connectivity index (χ4n) is 2.53. The quantitative estimate of drug-likeness (QED) is 0.908. The van der Waals surface area contributed by atoms with Crippen LogP contribution in [0.15, 0.2) is 35.7 Å². The fourth-order valence-corrected chi connectivity index (χ4v) is 3.36. The number of nitrogens with one attached hydrogen (secondary N) is 1. The molecule has 98 valence electrons. The number of hydrogen-bond acceptors (Lipinski definition) is 2. The third-order valence-corrected chi connectivity index (χ3v) is 4.46. The number of benzene rings is 1. The van der Waals surface area contributed by atoms with E-state index in [4.69, 9.17) is 5.41 Å².